The molecule has 0 saturated heterocycles. The quantitative estimate of drug-likeness (QED) is 0.391. The van der Waals surface area contributed by atoms with Gasteiger partial charge in [0.1, 0.15) is 5.75 Å². The largest absolute Gasteiger partial charge is 0.611 e. The summed E-state index contributed by atoms with van der Waals surface area (Å²) in [5, 5.41) is 10.3. The third-order valence-electron chi connectivity index (χ3n) is 4.83. The van der Waals surface area contributed by atoms with Gasteiger partial charge in [0.25, 0.3) is 0 Å². The van der Waals surface area contributed by atoms with Crippen LogP contribution in [0, 0.1) is 6.92 Å². The Kier molecular flexibility index (Phi) is 8.49. The Morgan fingerprint density at radius 3 is 2.29 bits per heavy atom. The first kappa shape index (κ1) is 21.7. The fraction of sp³-hybridized carbons (Fsp3) is 0.684. The van der Waals surface area contributed by atoms with Crippen molar-refractivity contribution in [1.29, 1.82) is 0 Å². The maximum absolute atomic E-state index is 12.2. The lowest BCUT2D eigenvalue weighted by Crippen LogP contribution is -2.40. The van der Waals surface area contributed by atoms with E-state index in [-0.39, 0.29) is 5.04 Å². The van der Waals surface area contributed by atoms with Gasteiger partial charge in [0.05, 0.1) is 6.10 Å². The molecule has 1 aromatic rings. The average Bonchev–Trinajstić information content (AvgIpc) is 2.46. The lowest BCUT2D eigenvalue weighted by atomic mass is 10.2. The molecule has 0 unspecified atom stereocenters. The summed E-state index contributed by atoms with van der Waals surface area (Å²) in [5.74, 6) is 0.312. The van der Waals surface area contributed by atoms with Crippen molar-refractivity contribution in [2.75, 3.05) is 12.4 Å². The summed E-state index contributed by atoms with van der Waals surface area (Å²) >= 11 is -1.13. The van der Waals surface area contributed by atoms with E-state index in [4.69, 9.17) is 4.43 Å². The first-order chi connectivity index (χ1) is 11.0. The molecule has 0 radical (unpaired) electrons. The number of aliphatic hydroxyl groups excluding tert-OH is 1. The lowest BCUT2D eigenvalue weighted by Gasteiger charge is -2.36. The maximum atomic E-state index is 12.2. The van der Waals surface area contributed by atoms with Crippen LogP contribution < -0.4 is 0 Å². The van der Waals surface area contributed by atoms with Gasteiger partial charge < -0.3 is 14.1 Å². The molecule has 2 atom stereocenters. The number of hydrogen-bond acceptors (Lipinski definition) is 3. The molecule has 0 heterocycles. The van der Waals surface area contributed by atoms with Crippen LogP contribution in [0.15, 0.2) is 29.2 Å². The number of unbranched alkanes of at least 4 members (excludes halogenated alkanes) is 1. The van der Waals surface area contributed by atoms with Crippen LogP contribution in [-0.2, 0) is 15.6 Å². The number of rotatable bonds is 9. The molecule has 1 N–H and O–H groups in total. The van der Waals surface area contributed by atoms with E-state index >= 15 is 0 Å². The van der Waals surface area contributed by atoms with Gasteiger partial charge in [-0.3, -0.25) is 0 Å². The van der Waals surface area contributed by atoms with E-state index in [9.17, 15) is 9.66 Å². The van der Waals surface area contributed by atoms with E-state index in [1.807, 2.05) is 31.2 Å². The summed E-state index contributed by atoms with van der Waals surface area (Å²) in [6.45, 7) is 14.0. The highest BCUT2D eigenvalue weighted by Crippen LogP contribution is 2.36. The second kappa shape index (κ2) is 9.39. The summed E-state index contributed by atoms with van der Waals surface area (Å²) in [5.41, 5.74) is 1.15. The van der Waals surface area contributed by atoms with Crippen LogP contribution in [0.2, 0.25) is 18.1 Å². The number of aryl methyl sites for hydroxylation is 1. The molecule has 0 aliphatic rings. The van der Waals surface area contributed by atoms with E-state index in [1.54, 1.807) is 0 Å². The molecule has 0 bridgehead atoms. The molecular formula is C19H34O3SSi. The zero-order chi connectivity index (χ0) is 18.4. The molecule has 0 aliphatic carbocycles. The van der Waals surface area contributed by atoms with Crippen LogP contribution in [0.25, 0.3) is 0 Å². The van der Waals surface area contributed by atoms with Crippen molar-refractivity contribution in [3.63, 3.8) is 0 Å². The molecular weight excluding hydrogens is 336 g/mol. The van der Waals surface area contributed by atoms with Crippen LogP contribution in [0.4, 0.5) is 0 Å². The molecule has 0 saturated carbocycles. The van der Waals surface area contributed by atoms with E-state index in [0.29, 0.717) is 12.2 Å². The van der Waals surface area contributed by atoms with Gasteiger partial charge in [0.15, 0.2) is 13.2 Å². The minimum atomic E-state index is -1.67. The first-order valence-corrected chi connectivity index (χ1v) is 13.0. The van der Waals surface area contributed by atoms with Gasteiger partial charge in [-0.25, -0.2) is 0 Å². The van der Waals surface area contributed by atoms with E-state index in [1.165, 1.54) is 0 Å². The van der Waals surface area contributed by atoms with E-state index < -0.39 is 25.6 Å². The Morgan fingerprint density at radius 2 is 1.75 bits per heavy atom. The average molecular weight is 371 g/mol. The first-order valence-electron chi connectivity index (χ1n) is 8.80. The molecule has 0 amide bonds. The van der Waals surface area contributed by atoms with Crippen molar-refractivity contribution in [2.24, 2.45) is 0 Å². The fourth-order valence-electron chi connectivity index (χ4n) is 2.07. The third-order valence-corrected chi connectivity index (χ3v) is 10.9. The molecule has 24 heavy (non-hydrogen) atoms. The Bertz CT molecular complexity index is 482. The second-order valence-electron chi connectivity index (χ2n) is 8.08. The van der Waals surface area contributed by atoms with Crippen LogP contribution in [0.1, 0.15) is 45.6 Å². The molecule has 0 aromatic heterocycles. The van der Waals surface area contributed by atoms with E-state index in [0.717, 1.165) is 29.9 Å². The Hall–Kier alpha value is -0.333. The van der Waals surface area contributed by atoms with Gasteiger partial charge in [0, 0.05) is 6.61 Å². The molecule has 0 aliphatic heterocycles. The summed E-state index contributed by atoms with van der Waals surface area (Å²) < 4.78 is 18.4. The van der Waals surface area contributed by atoms with Crippen molar-refractivity contribution in [3.05, 3.63) is 29.8 Å². The van der Waals surface area contributed by atoms with Crippen LogP contribution in [0.5, 0.6) is 0 Å². The van der Waals surface area contributed by atoms with Crippen molar-refractivity contribution >= 4 is 19.5 Å². The normalized spacial score (nSPS) is 15.3. The predicted octanol–water partition coefficient (Wildman–Crippen LogP) is 4.66. The highest BCUT2D eigenvalue weighted by Gasteiger charge is 2.36. The zero-order valence-electron chi connectivity index (χ0n) is 16.1. The minimum absolute atomic E-state index is 0.234. The number of benzene rings is 1. The van der Waals surface area contributed by atoms with Gasteiger partial charge in [-0.1, -0.05) is 38.5 Å². The SMILES string of the molecule is Cc1ccc([S@@+]([O-])C[C@@H](O)CCCCO[Si](C)(C)C(C)(C)C)cc1. The fourth-order valence-corrected chi connectivity index (χ4v) is 4.31. The molecule has 0 fully saturated rings. The van der Waals surface area contributed by atoms with E-state index in [2.05, 4.69) is 33.9 Å². The predicted molar refractivity (Wildman–Crippen MR) is 105 cm³/mol. The molecule has 1 rings (SSSR count). The van der Waals surface area contributed by atoms with Gasteiger partial charge >= 0.3 is 0 Å². The molecule has 138 valence electrons. The van der Waals surface area contributed by atoms with Crippen molar-refractivity contribution in [2.45, 2.75) is 76.1 Å². The third kappa shape index (κ3) is 7.27. The summed E-state index contributed by atoms with van der Waals surface area (Å²) in [6.07, 6.45) is 2.01. The molecule has 3 nitrogen and oxygen atoms in total. The van der Waals surface area contributed by atoms with Gasteiger partial charge in [0.2, 0.25) is 0 Å². The van der Waals surface area contributed by atoms with Gasteiger partial charge in [-0.15, -0.1) is 0 Å². The number of hydrogen-bond donors (Lipinski definition) is 1. The van der Waals surface area contributed by atoms with Crippen molar-refractivity contribution < 1.29 is 14.1 Å². The Balaban J connectivity index is 2.24. The number of aliphatic hydroxyl groups is 1. The van der Waals surface area contributed by atoms with Gasteiger partial charge in [-0.05, 0) is 67.6 Å². The minimum Gasteiger partial charge on any atom is -0.611 e. The topological polar surface area (TPSA) is 52.5 Å². The van der Waals surface area contributed by atoms with Gasteiger partial charge in [-0.2, -0.15) is 0 Å². The second-order valence-corrected chi connectivity index (χ2v) is 14.4. The van der Waals surface area contributed by atoms with Crippen molar-refractivity contribution in [3.8, 4) is 0 Å². The smallest absolute Gasteiger partial charge is 0.191 e. The Labute approximate surface area is 152 Å². The summed E-state index contributed by atoms with van der Waals surface area (Å²) in [4.78, 5) is 0.793. The van der Waals surface area contributed by atoms with Crippen LogP contribution in [-0.4, -0.2) is 36.4 Å². The maximum Gasteiger partial charge on any atom is 0.191 e. The lowest BCUT2D eigenvalue weighted by molar-refractivity contribution is 0.178. The van der Waals surface area contributed by atoms with Crippen LogP contribution >= 0.6 is 0 Å². The molecule has 5 heteroatoms. The summed E-state index contributed by atoms with van der Waals surface area (Å²) in [7, 11) is -1.67. The van der Waals surface area contributed by atoms with Crippen LogP contribution in [0.3, 0.4) is 0 Å². The highest BCUT2D eigenvalue weighted by molar-refractivity contribution is 7.91. The highest BCUT2D eigenvalue weighted by atomic mass is 32.2. The molecule has 0 spiro atoms. The van der Waals surface area contributed by atoms with Crippen molar-refractivity contribution in [1.82, 2.24) is 0 Å². The molecule has 1 aromatic carbocycles. The standard InChI is InChI=1S/C19H34O3SSi/c1-16-10-12-18(13-11-16)23(21)15-17(20)9-7-8-14-22-24(5,6)19(2,3)4/h10-13,17,20H,7-9,14-15H2,1-6H3/t17-,23-/m0/s1. The summed E-state index contributed by atoms with van der Waals surface area (Å²) in [6, 6.07) is 7.67. The Morgan fingerprint density at radius 1 is 1.17 bits per heavy atom. The zero-order valence-corrected chi connectivity index (χ0v) is 17.9. The monoisotopic (exact) mass is 370 g/mol.